The molecule has 0 radical (unpaired) electrons. The molecule has 1 amide bonds. The molecule has 0 aromatic heterocycles. The molecule has 0 saturated heterocycles. The molecule has 148 valence electrons. The van der Waals surface area contributed by atoms with E-state index in [4.69, 9.17) is 14.2 Å². The van der Waals surface area contributed by atoms with Crippen molar-refractivity contribution in [1.29, 1.82) is 0 Å². The Morgan fingerprint density at radius 3 is 2.21 bits per heavy atom. The van der Waals surface area contributed by atoms with Crippen LogP contribution in [0.5, 0.6) is 5.75 Å². The molecule has 0 atom stereocenters. The fourth-order valence-corrected chi connectivity index (χ4v) is 2.62. The maximum absolute atomic E-state index is 12.5. The fourth-order valence-electron chi connectivity index (χ4n) is 2.62. The van der Waals surface area contributed by atoms with Crippen LogP contribution in [0.25, 0.3) is 0 Å². The molecular formula is C20H22N2O6. The van der Waals surface area contributed by atoms with Gasteiger partial charge in [-0.15, -0.1) is 0 Å². The summed E-state index contributed by atoms with van der Waals surface area (Å²) < 4.78 is 15.1. The highest BCUT2D eigenvalue weighted by Crippen LogP contribution is 2.35. The Hall–Kier alpha value is -3.55. The van der Waals surface area contributed by atoms with Crippen molar-refractivity contribution in [1.82, 2.24) is 4.90 Å². The van der Waals surface area contributed by atoms with E-state index in [1.807, 2.05) is 0 Å². The first-order valence-electron chi connectivity index (χ1n) is 8.30. The number of benzene rings is 1. The summed E-state index contributed by atoms with van der Waals surface area (Å²) >= 11 is 0. The lowest BCUT2D eigenvalue weighted by molar-refractivity contribution is -0.139. The summed E-state index contributed by atoms with van der Waals surface area (Å²) in [6.07, 6.45) is 6.26. The van der Waals surface area contributed by atoms with Gasteiger partial charge in [-0.05, 0) is 30.4 Å². The third kappa shape index (κ3) is 4.06. The van der Waals surface area contributed by atoms with Crippen LogP contribution in [0.4, 0.5) is 5.69 Å². The third-order valence-electron chi connectivity index (χ3n) is 3.98. The van der Waals surface area contributed by atoms with E-state index in [1.54, 1.807) is 50.6 Å². The van der Waals surface area contributed by atoms with Crippen molar-refractivity contribution in [3.63, 3.8) is 0 Å². The van der Waals surface area contributed by atoms with Gasteiger partial charge in [-0.1, -0.05) is 6.08 Å². The fraction of sp³-hybridized carbons (Fsp3) is 0.250. The second-order valence-corrected chi connectivity index (χ2v) is 5.90. The highest BCUT2D eigenvalue weighted by atomic mass is 16.5. The molecule has 0 N–H and O–H groups in total. The van der Waals surface area contributed by atoms with E-state index < -0.39 is 11.9 Å². The Labute approximate surface area is 163 Å². The van der Waals surface area contributed by atoms with Crippen molar-refractivity contribution < 1.29 is 28.6 Å². The molecule has 0 spiro atoms. The lowest BCUT2D eigenvalue weighted by Gasteiger charge is -2.25. The molecule has 1 aromatic carbocycles. The number of methoxy groups -OCH3 is 3. The average molecular weight is 386 g/mol. The number of anilines is 1. The summed E-state index contributed by atoms with van der Waals surface area (Å²) in [6.45, 7) is 0. The minimum atomic E-state index is -0.747. The summed E-state index contributed by atoms with van der Waals surface area (Å²) in [7, 11) is 7.17. The van der Waals surface area contributed by atoms with E-state index in [2.05, 4.69) is 0 Å². The standard InChI is InChI=1S/C20H22N2O6/c1-21(2)18(23)13-9-10-16(26-3)15(12-13)22-11-7-6-8-14(19(24)27-4)17(22)20(25)28-5/h6-12H,1-5H3. The van der Waals surface area contributed by atoms with Crippen molar-refractivity contribution in [2.75, 3.05) is 40.3 Å². The Kier molecular flexibility index (Phi) is 6.59. The number of ether oxygens (including phenoxy) is 3. The van der Waals surface area contributed by atoms with Crippen LogP contribution in [0.15, 0.2) is 53.9 Å². The maximum atomic E-state index is 12.5. The highest BCUT2D eigenvalue weighted by molar-refractivity contribution is 6.06. The molecule has 8 heteroatoms. The van der Waals surface area contributed by atoms with Crippen LogP contribution in [0.1, 0.15) is 10.4 Å². The van der Waals surface area contributed by atoms with Gasteiger partial charge in [-0.2, -0.15) is 0 Å². The Balaban J connectivity index is 2.75. The van der Waals surface area contributed by atoms with Crippen LogP contribution in [0.3, 0.4) is 0 Å². The van der Waals surface area contributed by atoms with Crippen LogP contribution < -0.4 is 9.64 Å². The number of carbonyl (C=O) groups is 3. The first-order valence-corrected chi connectivity index (χ1v) is 8.30. The summed E-state index contributed by atoms with van der Waals surface area (Å²) in [6, 6.07) is 4.81. The summed E-state index contributed by atoms with van der Waals surface area (Å²) in [4.78, 5) is 40.1. The van der Waals surface area contributed by atoms with Crippen LogP contribution in [0, 0.1) is 0 Å². The number of hydrogen-bond donors (Lipinski definition) is 0. The van der Waals surface area contributed by atoms with E-state index in [0.717, 1.165) is 0 Å². The van der Waals surface area contributed by atoms with Gasteiger partial charge in [0, 0.05) is 25.9 Å². The van der Waals surface area contributed by atoms with Crippen molar-refractivity contribution in [2.24, 2.45) is 0 Å². The van der Waals surface area contributed by atoms with Gasteiger partial charge in [0.25, 0.3) is 5.91 Å². The van der Waals surface area contributed by atoms with E-state index in [-0.39, 0.29) is 17.2 Å². The van der Waals surface area contributed by atoms with E-state index >= 15 is 0 Å². The average Bonchev–Trinajstić information content (AvgIpc) is 2.94. The van der Waals surface area contributed by atoms with Gasteiger partial charge in [-0.25, -0.2) is 9.59 Å². The van der Waals surface area contributed by atoms with Gasteiger partial charge in [0.2, 0.25) is 0 Å². The van der Waals surface area contributed by atoms with Gasteiger partial charge in [0.05, 0.1) is 32.6 Å². The van der Waals surface area contributed by atoms with Crippen LogP contribution >= 0.6 is 0 Å². The minimum absolute atomic E-state index is 0.00532. The molecular weight excluding hydrogens is 364 g/mol. The van der Waals surface area contributed by atoms with Gasteiger partial charge in [-0.3, -0.25) is 4.79 Å². The number of allylic oxidation sites excluding steroid dienone is 2. The smallest absolute Gasteiger partial charge is 0.355 e. The van der Waals surface area contributed by atoms with Crippen LogP contribution in [0.2, 0.25) is 0 Å². The molecule has 1 heterocycles. The van der Waals surface area contributed by atoms with Crippen molar-refractivity contribution in [2.45, 2.75) is 0 Å². The molecule has 0 aliphatic carbocycles. The molecule has 0 saturated carbocycles. The Bertz CT molecular complexity index is 883. The van der Waals surface area contributed by atoms with Gasteiger partial charge >= 0.3 is 11.9 Å². The van der Waals surface area contributed by atoms with Gasteiger partial charge in [0.15, 0.2) is 0 Å². The number of esters is 2. The predicted octanol–water partition coefficient (Wildman–Crippen LogP) is 1.89. The van der Waals surface area contributed by atoms with E-state index in [9.17, 15) is 14.4 Å². The summed E-state index contributed by atoms with van der Waals surface area (Å²) in [5.41, 5.74) is 0.713. The number of hydrogen-bond acceptors (Lipinski definition) is 7. The molecule has 1 aliphatic heterocycles. The SMILES string of the molecule is COC(=O)C1=C(C(=O)OC)N(c2cc(C(=O)N(C)C)ccc2OC)C=CC=C1. The normalized spacial score (nSPS) is 13.1. The van der Waals surface area contributed by atoms with Crippen molar-refractivity contribution >= 4 is 23.5 Å². The summed E-state index contributed by atoms with van der Waals surface area (Å²) in [5.74, 6) is -1.28. The number of nitrogens with zero attached hydrogens (tertiary/aromatic N) is 2. The van der Waals surface area contributed by atoms with Crippen LogP contribution in [-0.2, 0) is 19.1 Å². The lowest BCUT2D eigenvalue weighted by atomic mass is 10.1. The second-order valence-electron chi connectivity index (χ2n) is 5.90. The van der Waals surface area contributed by atoms with E-state index in [1.165, 1.54) is 37.2 Å². The molecule has 0 unspecified atom stereocenters. The summed E-state index contributed by atoms with van der Waals surface area (Å²) in [5, 5.41) is 0. The molecule has 8 nitrogen and oxygen atoms in total. The van der Waals surface area contributed by atoms with Gasteiger partial charge < -0.3 is 24.0 Å². The Morgan fingerprint density at radius 2 is 1.64 bits per heavy atom. The predicted molar refractivity (Wildman–Crippen MR) is 103 cm³/mol. The largest absolute Gasteiger partial charge is 0.495 e. The van der Waals surface area contributed by atoms with Gasteiger partial charge in [0.1, 0.15) is 11.4 Å². The van der Waals surface area contributed by atoms with Crippen molar-refractivity contribution in [3.05, 3.63) is 59.5 Å². The zero-order chi connectivity index (χ0) is 20.8. The molecule has 1 aliphatic rings. The molecule has 2 rings (SSSR count). The minimum Gasteiger partial charge on any atom is -0.495 e. The number of carbonyl (C=O) groups excluding carboxylic acids is 3. The zero-order valence-corrected chi connectivity index (χ0v) is 16.4. The number of rotatable bonds is 5. The highest BCUT2D eigenvalue weighted by Gasteiger charge is 2.29. The number of amides is 1. The molecule has 28 heavy (non-hydrogen) atoms. The first-order chi connectivity index (χ1) is 13.3. The third-order valence-corrected chi connectivity index (χ3v) is 3.98. The lowest BCUT2D eigenvalue weighted by Crippen LogP contribution is -2.28. The molecule has 0 fully saturated rings. The molecule has 0 bridgehead atoms. The Morgan fingerprint density at radius 1 is 0.964 bits per heavy atom. The molecule has 1 aromatic rings. The second kappa shape index (κ2) is 8.90. The maximum Gasteiger partial charge on any atom is 0.355 e. The van der Waals surface area contributed by atoms with Crippen molar-refractivity contribution in [3.8, 4) is 5.75 Å². The monoisotopic (exact) mass is 386 g/mol. The first kappa shape index (κ1) is 20.8. The van der Waals surface area contributed by atoms with E-state index in [0.29, 0.717) is 17.0 Å². The topological polar surface area (TPSA) is 85.4 Å². The van der Waals surface area contributed by atoms with Crippen LogP contribution in [-0.4, -0.2) is 58.2 Å². The quantitative estimate of drug-likeness (QED) is 0.715. The zero-order valence-electron chi connectivity index (χ0n) is 16.4.